The molecule has 0 radical (unpaired) electrons. The Morgan fingerprint density at radius 2 is 2.00 bits per heavy atom. The lowest BCUT2D eigenvalue weighted by molar-refractivity contribution is -0.156. The van der Waals surface area contributed by atoms with Crippen LogP contribution in [0, 0.1) is 0 Å². The number of hydrogen-bond acceptors (Lipinski definition) is 3. The Balaban J connectivity index is 2.32. The van der Waals surface area contributed by atoms with E-state index in [1.54, 1.807) is 0 Å². The van der Waals surface area contributed by atoms with Crippen LogP contribution in [0.5, 0.6) is 0 Å². The number of carbonyl (C=O) groups is 2. The molecular formula is C16H21NO4. The lowest BCUT2D eigenvalue weighted by Crippen LogP contribution is -2.51. The van der Waals surface area contributed by atoms with Crippen LogP contribution in [-0.4, -0.2) is 40.6 Å². The summed E-state index contributed by atoms with van der Waals surface area (Å²) in [5.74, 6) is -1.32. The number of benzene rings is 1. The predicted octanol–water partition coefficient (Wildman–Crippen LogP) is 2.01. The summed E-state index contributed by atoms with van der Waals surface area (Å²) in [4.78, 5) is 25.2. The van der Waals surface area contributed by atoms with Gasteiger partial charge >= 0.3 is 5.97 Å². The first-order valence-electron chi connectivity index (χ1n) is 7.03. The number of fused-ring (bicyclic) bond motifs is 1. The zero-order valence-electron chi connectivity index (χ0n) is 12.6. The number of ether oxygens (including phenoxy) is 1. The van der Waals surface area contributed by atoms with Crippen molar-refractivity contribution in [2.45, 2.75) is 38.8 Å². The van der Waals surface area contributed by atoms with Crippen molar-refractivity contribution in [3.63, 3.8) is 0 Å². The molecule has 5 heteroatoms. The van der Waals surface area contributed by atoms with Gasteiger partial charge in [0.25, 0.3) is 5.91 Å². The average Bonchev–Trinajstić information content (AvgIpc) is 2.42. The van der Waals surface area contributed by atoms with Crippen molar-refractivity contribution >= 4 is 11.9 Å². The monoisotopic (exact) mass is 291 g/mol. The molecule has 5 nitrogen and oxygen atoms in total. The Morgan fingerprint density at radius 3 is 2.62 bits per heavy atom. The molecule has 0 fully saturated rings. The molecule has 1 unspecified atom stereocenters. The number of carboxylic acid groups (broad SMARTS) is 1. The number of rotatable bonds is 3. The Bertz CT molecular complexity index is 547. The van der Waals surface area contributed by atoms with Gasteiger partial charge in [-0.3, -0.25) is 9.59 Å². The summed E-state index contributed by atoms with van der Waals surface area (Å²) in [6, 6.07) is 7.66. The topological polar surface area (TPSA) is 66.8 Å². The summed E-state index contributed by atoms with van der Waals surface area (Å²) in [5.41, 5.74) is 1.35. The lowest BCUT2D eigenvalue weighted by atomic mass is 9.95. The molecule has 1 amide bonds. The third-order valence-electron chi connectivity index (χ3n) is 3.59. The summed E-state index contributed by atoms with van der Waals surface area (Å²) in [5, 5.41) is 9.06. The molecule has 2 rings (SSSR count). The molecule has 1 N–H and O–H groups in total. The minimum Gasteiger partial charge on any atom is -0.480 e. The van der Waals surface area contributed by atoms with Gasteiger partial charge in [-0.1, -0.05) is 24.3 Å². The van der Waals surface area contributed by atoms with Gasteiger partial charge < -0.3 is 14.7 Å². The number of carbonyl (C=O) groups excluding carboxylic acids is 1. The largest absolute Gasteiger partial charge is 0.480 e. The molecule has 0 saturated heterocycles. The van der Waals surface area contributed by atoms with Gasteiger partial charge in [0.15, 0.2) is 6.10 Å². The Labute approximate surface area is 124 Å². The fourth-order valence-electron chi connectivity index (χ4n) is 2.52. The molecule has 1 atom stereocenters. The molecule has 0 saturated carbocycles. The highest BCUT2D eigenvalue weighted by Crippen LogP contribution is 2.30. The Hall–Kier alpha value is -1.88. The standard InChI is InChI=1S/C16H21NO4/c1-16(2,3)17(10-13(18)19)15(20)14-12-7-5-4-6-11(12)8-9-21-14/h4-7,14H,8-10H2,1-3H3,(H,18,19). The van der Waals surface area contributed by atoms with E-state index in [0.29, 0.717) is 6.61 Å². The van der Waals surface area contributed by atoms with E-state index >= 15 is 0 Å². The first-order valence-corrected chi connectivity index (χ1v) is 7.03. The van der Waals surface area contributed by atoms with Crippen LogP contribution in [0.3, 0.4) is 0 Å². The van der Waals surface area contributed by atoms with E-state index in [2.05, 4.69) is 0 Å². The predicted molar refractivity (Wildman–Crippen MR) is 77.9 cm³/mol. The van der Waals surface area contributed by atoms with Gasteiger partial charge in [-0.05, 0) is 38.3 Å². The van der Waals surface area contributed by atoms with Crippen LogP contribution in [0.1, 0.15) is 38.0 Å². The van der Waals surface area contributed by atoms with Crippen molar-refractivity contribution in [1.29, 1.82) is 0 Å². The summed E-state index contributed by atoms with van der Waals surface area (Å²) in [7, 11) is 0. The van der Waals surface area contributed by atoms with Crippen molar-refractivity contribution < 1.29 is 19.4 Å². The maximum absolute atomic E-state index is 12.8. The number of carboxylic acids is 1. The minimum absolute atomic E-state index is 0.294. The third-order valence-corrected chi connectivity index (χ3v) is 3.59. The third kappa shape index (κ3) is 3.42. The minimum atomic E-state index is -1.03. The number of amides is 1. The lowest BCUT2D eigenvalue weighted by Gasteiger charge is -2.38. The molecule has 114 valence electrons. The molecule has 1 heterocycles. The van der Waals surface area contributed by atoms with E-state index in [9.17, 15) is 9.59 Å². The van der Waals surface area contributed by atoms with Gasteiger partial charge in [-0.25, -0.2) is 0 Å². The van der Waals surface area contributed by atoms with Gasteiger partial charge in [0.05, 0.1) is 6.61 Å². The summed E-state index contributed by atoms with van der Waals surface area (Å²) in [6.07, 6.45) is 0.0579. The first kappa shape index (κ1) is 15.5. The van der Waals surface area contributed by atoms with Gasteiger partial charge in [-0.2, -0.15) is 0 Å². The number of nitrogens with zero attached hydrogens (tertiary/aromatic N) is 1. The Kier molecular flexibility index (Phi) is 4.32. The fraction of sp³-hybridized carbons (Fsp3) is 0.500. The summed E-state index contributed by atoms with van der Waals surface area (Å²) < 4.78 is 5.64. The average molecular weight is 291 g/mol. The second kappa shape index (κ2) is 5.85. The van der Waals surface area contributed by atoms with Crippen molar-refractivity contribution in [1.82, 2.24) is 4.90 Å². The molecule has 0 aliphatic carbocycles. The maximum Gasteiger partial charge on any atom is 0.323 e. The molecule has 1 aromatic carbocycles. The highest BCUT2D eigenvalue weighted by Gasteiger charge is 2.36. The molecule has 0 bridgehead atoms. The molecule has 1 aliphatic rings. The van der Waals surface area contributed by atoms with Crippen molar-refractivity contribution in [3.8, 4) is 0 Å². The number of hydrogen-bond donors (Lipinski definition) is 1. The van der Waals surface area contributed by atoms with Crippen molar-refractivity contribution in [3.05, 3.63) is 35.4 Å². The van der Waals surface area contributed by atoms with Gasteiger partial charge in [0, 0.05) is 5.54 Å². The Morgan fingerprint density at radius 1 is 1.33 bits per heavy atom. The van der Waals surface area contributed by atoms with Crippen LogP contribution in [0.4, 0.5) is 0 Å². The highest BCUT2D eigenvalue weighted by molar-refractivity contribution is 5.86. The second-order valence-corrected chi connectivity index (χ2v) is 6.19. The highest BCUT2D eigenvalue weighted by atomic mass is 16.5. The van der Waals surface area contributed by atoms with Gasteiger partial charge in [0.2, 0.25) is 0 Å². The quantitative estimate of drug-likeness (QED) is 0.925. The molecular weight excluding hydrogens is 270 g/mol. The molecule has 21 heavy (non-hydrogen) atoms. The normalized spacial score (nSPS) is 18.0. The maximum atomic E-state index is 12.8. The van der Waals surface area contributed by atoms with Gasteiger partial charge in [-0.15, -0.1) is 0 Å². The van der Waals surface area contributed by atoms with E-state index in [1.807, 2.05) is 45.0 Å². The van der Waals surface area contributed by atoms with Crippen LogP contribution in [0.2, 0.25) is 0 Å². The zero-order valence-corrected chi connectivity index (χ0v) is 12.6. The fourth-order valence-corrected chi connectivity index (χ4v) is 2.52. The zero-order chi connectivity index (χ0) is 15.6. The smallest absolute Gasteiger partial charge is 0.323 e. The van der Waals surface area contributed by atoms with E-state index in [1.165, 1.54) is 4.90 Å². The van der Waals surface area contributed by atoms with Crippen LogP contribution in [0.25, 0.3) is 0 Å². The van der Waals surface area contributed by atoms with Crippen molar-refractivity contribution in [2.75, 3.05) is 13.2 Å². The van der Waals surface area contributed by atoms with Crippen LogP contribution in [0.15, 0.2) is 24.3 Å². The second-order valence-electron chi connectivity index (χ2n) is 6.19. The molecule has 1 aromatic rings. The summed E-state index contributed by atoms with van der Waals surface area (Å²) in [6.45, 7) is 5.61. The van der Waals surface area contributed by atoms with E-state index in [0.717, 1.165) is 17.5 Å². The SMILES string of the molecule is CC(C)(C)N(CC(=O)O)C(=O)C1OCCc2ccccc21. The van der Waals surface area contributed by atoms with E-state index in [-0.39, 0.29) is 12.5 Å². The number of aliphatic carboxylic acids is 1. The molecule has 0 aromatic heterocycles. The van der Waals surface area contributed by atoms with Gasteiger partial charge in [0.1, 0.15) is 6.54 Å². The molecule has 1 aliphatic heterocycles. The van der Waals surface area contributed by atoms with E-state index in [4.69, 9.17) is 9.84 Å². The van der Waals surface area contributed by atoms with Crippen LogP contribution in [-0.2, 0) is 20.7 Å². The van der Waals surface area contributed by atoms with Crippen molar-refractivity contribution in [2.24, 2.45) is 0 Å². The first-order chi connectivity index (χ1) is 9.80. The summed E-state index contributed by atoms with van der Waals surface area (Å²) >= 11 is 0. The van der Waals surface area contributed by atoms with Crippen LogP contribution >= 0.6 is 0 Å². The van der Waals surface area contributed by atoms with E-state index < -0.39 is 17.6 Å². The van der Waals surface area contributed by atoms with Crippen LogP contribution < -0.4 is 0 Å². The molecule has 0 spiro atoms.